The lowest BCUT2D eigenvalue weighted by molar-refractivity contribution is 0.0569. The number of hydrogen-bond donors (Lipinski definition) is 2. The minimum absolute atomic E-state index is 0.0607. The number of nitrogen functional groups attached to an aromatic ring is 1. The Bertz CT molecular complexity index is 465. The van der Waals surface area contributed by atoms with E-state index in [0.717, 1.165) is 19.3 Å². The maximum atomic E-state index is 12.5. The normalized spacial score (nSPS) is 19.5. The van der Waals surface area contributed by atoms with Crippen LogP contribution in [0, 0.1) is 0 Å². The van der Waals surface area contributed by atoms with E-state index in [-0.39, 0.29) is 30.1 Å². The number of carbonyl (C=O) groups is 1. The van der Waals surface area contributed by atoms with Crippen LogP contribution in [-0.2, 0) is 0 Å². The number of anilines is 1. The third-order valence-corrected chi connectivity index (χ3v) is 3.73. The van der Waals surface area contributed by atoms with Crippen LogP contribution in [0.1, 0.15) is 36.2 Å². The molecular formula is C13H18ClN3O2. The van der Waals surface area contributed by atoms with Crippen molar-refractivity contribution in [3.8, 4) is 0 Å². The minimum atomic E-state index is -0.199. The van der Waals surface area contributed by atoms with Crippen LogP contribution in [0.3, 0.4) is 0 Å². The van der Waals surface area contributed by atoms with Gasteiger partial charge in [-0.05, 0) is 37.8 Å². The monoisotopic (exact) mass is 283 g/mol. The van der Waals surface area contributed by atoms with Crippen molar-refractivity contribution in [3.63, 3.8) is 0 Å². The summed E-state index contributed by atoms with van der Waals surface area (Å²) in [6, 6.07) is 3.22. The van der Waals surface area contributed by atoms with Crippen molar-refractivity contribution in [1.82, 2.24) is 9.88 Å². The lowest BCUT2D eigenvalue weighted by atomic mass is 9.99. The molecule has 0 spiro atoms. The second kappa shape index (κ2) is 6.21. The molecule has 1 saturated heterocycles. The molecule has 2 rings (SSSR count). The van der Waals surface area contributed by atoms with E-state index in [1.165, 1.54) is 0 Å². The predicted molar refractivity (Wildman–Crippen MR) is 74.0 cm³/mol. The molecule has 0 saturated carbocycles. The molecule has 0 bridgehead atoms. The zero-order chi connectivity index (χ0) is 13.8. The first-order valence-corrected chi connectivity index (χ1v) is 6.85. The standard InChI is InChI=1S/C13H18ClN3O2/c14-10-4-5-11(15)16-12(10)13(19)17-7-2-1-3-9(17)6-8-18/h4-5,9,18H,1-3,6-8H2,(H2,15,16). The first-order chi connectivity index (χ1) is 9.13. The number of likely N-dealkylation sites (tertiary alicyclic amines) is 1. The van der Waals surface area contributed by atoms with Gasteiger partial charge >= 0.3 is 0 Å². The van der Waals surface area contributed by atoms with Gasteiger partial charge in [-0.25, -0.2) is 4.98 Å². The summed E-state index contributed by atoms with van der Waals surface area (Å²) in [7, 11) is 0. The van der Waals surface area contributed by atoms with Gasteiger partial charge in [-0.2, -0.15) is 0 Å². The van der Waals surface area contributed by atoms with Crippen LogP contribution < -0.4 is 5.73 Å². The Labute approximate surface area is 117 Å². The third kappa shape index (κ3) is 3.16. The number of amides is 1. The second-order valence-electron chi connectivity index (χ2n) is 4.73. The molecule has 1 unspecified atom stereocenters. The highest BCUT2D eigenvalue weighted by molar-refractivity contribution is 6.33. The lowest BCUT2D eigenvalue weighted by Gasteiger charge is -2.35. The van der Waals surface area contributed by atoms with E-state index >= 15 is 0 Å². The third-order valence-electron chi connectivity index (χ3n) is 3.42. The summed E-state index contributed by atoms with van der Waals surface area (Å²) >= 11 is 6.02. The second-order valence-corrected chi connectivity index (χ2v) is 5.13. The average Bonchev–Trinajstić information content (AvgIpc) is 2.42. The van der Waals surface area contributed by atoms with Crippen LogP contribution in [0.4, 0.5) is 5.82 Å². The topological polar surface area (TPSA) is 79.5 Å². The van der Waals surface area contributed by atoms with Crippen molar-refractivity contribution in [1.29, 1.82) is 0 Å². The van der Waals surface area contributed by atoms with Gasteiger partial charge < -0.3 is 15.7 Å². The SMILES string of the molecule is Nc1ccc(Cl)c(C(=O)N2CCCCC2CCO)n1. The zero-order valence-electron chi connectivity index (χ0n) is 10.7. The van der Waals surface area contributed by atoms with Crippen molar-refractivity contribution in [3.05, 3.63) is 22.8 Å². The van der Waals surface area contributed by atoms with Crippen LogP contribution in [0.15, 0.2) is 12.1 Å². The first-order valence-electron chi connectivity index (χ1n) is 6.47. The van der Waals surface area contributed by atoms with Crippen molar-refractivity contribution < 1.29 is 9.90 Å². The van der Waals surface area contributed by atoms with Crippen molar-refractivity contribution >= 4 is 23.3 Å². The Morgan fingerprint density at radius 1 is 1.53 bits per heavy atom. The quantitative estimate of drug-likeness (QED) is 0.885. The Morgan fingerprint density at radius 3 is 3.05 bits per heavy atom. The van der Waals surface area contributed by atoms with Gasteiger partial charge in [0.1, 0.15) is 11.5 Å². The number of aliphatic hydroxyl groups is 1. The highest BCUT2D eigenvalue weighted by atomic mass is 35.5. The van der Waals surface area contributed by atoms with Crippen molar-refractivity contribution in [2.75, 3.05) is 18.9 Å². The van der Waals surface area contributed by atoms with Gasteiger partial charge in [0.15, 0.2) is 0 Å². The molecule has 5 nitrogen and oxygen atoms in total. The average molecular weight is 284 g/mol. The van der Waals surface area contributed by atoms with Gasteiger partial charge in [0.2, 0.25) is 0 Å². The molecule has 1 aromatic rings. The van der Waals surface area contributed by atoms with E-state index in [0.29, 0.717) is 18.0 Å². The fourth-order valence-corrected chi connectivity index (χ4v) is 2.65. The van der Waals surface area contributed by atoms with Crippen LogP contribution in [0.5, 0.6) is 0 Å². The molecule has 1 aromatic heterocycles. The Hall–Kier alpha value is -1.33. The maximum absolute atomic E-state index is 12.5. The number of aromatic nitrogens is 1. The number of nitrogens with zero attached hydrogens (tertiary/aromatic N) is 2. The largest absolute Gasteiger partial charge is 0.396 e. The number of carbonyl (C=O) groups excluding carboxylic acids is 1. The molecule has 0 aromatic carbocycles. The molecule has 3 N–H and O–H groups in total. The van der Waals surface area contributed by atoms with Crippen molar-refractivity contribution in [2.24, 2.45) is 0 Å². The van der Waals surface area contributed by atoms with Gasteiger partial charge in [0, 0.05) is 19.2 Å². The molecule has 104 valence electrons. The Balaban J connectivity index is 2.23. The molecule has 0 radical (unpaired) electrons. The molecule has 2 heterocycles. The number of rotatable bonds is 3. The smallest absolute Gasteiger partial charge is 0.274 e. The summed E-state index contributed by atoms with van der Waals surface area (Å²) in [4.78, 5) is 18.3. The molecule has 1 amide bonds. The molecule has 1 fully saturated rings. The molecular weight excluding hydrogens is 266 g/mol. The minimum Gasteiger partial charge on any atom is -0.396 e. The highest BCUT2D eigenvalue weighted by Gasteiger charge is 2.29. The van der Waals surface area contributed by atoms with E-state index in [1.54, 1.807) is 17.0 Å². The van der Waals surface area contributed by atoms with E-state index in [4.69, 9.17) is 22.4 Å². The van der Waals surface area contributed by atoms with Crippen LogP contribution in [-0.4, -0.2) is 40.1 Å². The van der Waals surface area contributed by atoms with Crippen LogP contribution in [0.25, 0.3) is 0 Å². The number of nitrogens with two attached hydrogens (primary N) is 1. The predicted octanol–water partition coefficient (Wildman–Crippen LogP) is 1.69. The summed E-state index contributed by atoms with van der Waals surface area (Å²) in [5.41, 5.74) is 5.81. The van der Waals surface area contributed by atoms with Gasteiger partial charge in [-0.15, -0.1) is 0 Å². The van der Waals surface area contributed by atoms with E-state index in [9.17, 15) is 4.79 Å². The Morgan fingerprint density at radius 2 is 2.32 bits per heavy atom. The highest BCUT2D eigenvalue weighted by Crippen LogP contribution is 2.24. The summed E-state index contributed by atoms with van der Waals surface area (Å²) in [5, 5.41) is 9.40. The molecule has 19 heavy (non-hydrogen) atoms. The summed E-state index contributed by atoms with van der Waals surface area (Å²) in [6.45, 7) is 0.753. The molecule has 1 aliphatic heterocycles. The fraction of sp³-hybridized carbons (Fsp3) is 0.538. The summed E-state index contributed by atoms with van der Waals surface area (Å²) in [5.74, 6) is 0.0823. The molecule has 0 aliphatic carbocycles. The fourth-order valence-electron chi connectivity index (χ4n) is 2.46. The number of hydrogen-bond acceptors (Lipinski definition) is 4. The zero-order valence-corrected chi connectivity index (χ0v) is 11.4. The Kier molecular flexibility index (Phi) is 4.61. The van der Waals surface area contributed by atoms with E-state index < -0.39 is 0 Å². The number of piperidine rings is 1. The number of halogens is 1. The first kappa shape index (κ1) is 14.1. The van der Waals surface area contributed by atoms with Crippen LogP contribution in [0.2, 0.25) is 5.02 Å². The van der Waals surface area contributed by atoms with Crippen LogP contribution >= 0.6 is 11.6 Å². The number of pyridine rings is 1. The summed E-state index contributed by atoms with van der Waals surface area (Å²) in [6.07, 6.45) is 3.54. The van der Waals surface area contributed by atoms with Gasteiger partial charge in [-0.1, -0.05) is 11.6 Å². The van der Waals surface area contributed by atoms with Gasteiger partial charge in [0.25, 0.3) is 5.91 Å². The molecule has 6 heteroatoms. The lowest BCUT2D eigenvalue weighted by Crippen LogP contribution is -2.44. The van der Waals surface area contributed by atoms with E-state index in [1.807, 2.05) is 0 Å². The van der Waals surface area contributed by atoms with E-state index in [2.05, 4.69) is 4.98 Å². The maximum Gasteiger partial charge on any atom is 0.274 e. The molecule has 1 aliphatic rings. The number of aliphatic hydroxyl groups excluding tert-OH is 1. The molecule has 1 atom stereocenters. The van der Waals surface area contributed by atoms with Gasteiger partial charge in [-0.3, -0.25) is 4.79 Å². The van der Waals surface area contributed by atoms with Gasteiger partial charge in [0.05, 0.1) is 5.02 Å². The summed E-state index contributed by atoms with van der Waals surface area (Å²) < 4.78 is 0. The van der Waals surface area contributed by atoms with Crippen molar-refractivity contribution in [2.45, 2.75) is 31.7 Å².